The minimum absolute atomic E-state index is 0.250. The first-order chi connectivity index (χ1) is 9.19. The van der Waals surface area contributed by atoms with E-state index in [-0.39, 0.29) is 5.82 Å². The highest BCUT2D eigenvalue weighted by molar-refractivity contribution is 5.39. The second-order valence-electron chi connectivity index (χ2n) is 4.18. The Morgan fingerprint density at radius 1 is 1.26 bits per heavy atom. The standard InChI is InChI=1S/C14H16FN3O/c1-3-6-16-13-8-14(18-9-17-13)19-11-4-5-12(15)10(2)7-11/h4-5,7-9H,3,6H2,1-2H3,(H,16,17,18). The lowest BCUT2D eigenvalue weighted by atomic mass is 10.2. The van der Waals surface area contributed by atoms with E-state index < -0.39 is 0 Å². The van der Waals surface area contributed by atoms with Gasteiger partial charge >= 0.3 is 0 Å². The van der Waals surface area contributed by atoms with E-state index in [4.69, 9.17) is 4.74 Å². The summed E-state index contributed by atoms with van der Waals surface area (Å²) in [5, 5.41) is 3.15. The van der Waals surface area contributed by atoms with E-state index in [0.717, 1.165) is 13.0 Å². The van der Waals surface area contributed by atoms with E-state index in [1.165, 1.54) is 12.4 Å². The monoisotopic (exact) mass is 261 g/mol. The van der Waals surface area contributed by atoms with Crippen LogP contribution in [0.2, 0.25) is 0 Å². The molecule has 2 aromatic rings. The topological polar surface area (TPSA) is 47.0 Å². The van der Waals surface area contributed by atoms with E-state index in [2.05, 4.69) is 22.2 Å². The predicted octanol–water partition coefficient (Wildman–Crippen LogP) is 3.54. The van der Waals surface area contributed by atoms with Crippen molar-refractivity contribution in [3.8, 4) is 11.6 Å². The summed E-state index contributed by atoms with van der Waals surface area (Å²) in [6, 6.07) is 6.30. The molecule has 0 aliphatic heterocycles. The SMILES string of the molecule is CCCNc1cc(Oc2ccc(F)c(C)c2)ncn1. The molecule has 5 heteroatoms. The first kappa shape index (κ1) is 13.3. The average molecular weight is 261 g/mol. The maximum absolute atomic E-state index is 13.1. The van der Waals surface area contributed by atoms with Crippen molar-refractivity contribution in [2.45, 2.75) is 20.3 Å². The molecule has 1 aromatic heterocycles. The zero-order valence-corrected chi connectivity index (χ0v) is 11.0. The molecule has 0 saturated carbocycles. The summed E-state index contributed by atoms with van der Waals surface area (Å²) < 4.78 is 18.7. The van der Waals surface area contributed by atoms with Crippen molar-refractivity contribution in [3.05, 3.63) is 42.0 Å². The van der Waals surface area contributed by atoms with Crippen molar-refractivity contribution < 1.29 is 9.13 Å². The Labute approximate surface area is 111 Å². The summed E-state index contributed by atoms with van der Waals surface area (Å²) in [5.41, 5.74) is 0.538. The van der Waals surface area contributed by atoms with Crippen LogP contribution in [0.5, 0.6) is 11.6 Å². The van der Waals surface area contributed by atoms with Gasteiger partial charge in [0.2, 0.25) is 5.88 Å². The summed E-state index contributed by atoms with van der Waals surface area (Å²) in [6.07, 6.45) is 2.45. The van der Waals surface area contributed by atoms with Gasteiger partial charge in [-0.3, -0.25) is 0 Å². The summed E-state index contributed by atoms with van der Waals surface area (Å²) in [7, 11) is 0. The van der Waals surface area contributed by atoms with Gasteiger partial charge in [-0.1, -0.05) is 6.92 Å². The van der Waals surface area contributed by atoms with E-state index in [9.17, 15) is 4.39 Å². The molecule has 0 aliphatic rings. The smallest absolute Gasteiger partial charge is 0.224 e. The van der Waals surface area contributed by atoms with Gasteiger partial charge in [0, 0.05) is 12.6 Å². The second-order valence-corrected chi connectivity index (χ2v) is 4.18. The Kier molecular flexibility index (Phi) is 4.28. The molecule has 0 amide bonds. The quantitative estimate of drug-likeness (QED) is 0.894. The number of nitrogens with one attached hydrogen (secondary N) is 1. The molecule has 0 fully saturated rings. The summed E-state index contributed by atoms with van der Waals surface area (Å²) in [6.45, 7) is 4.61. The van der Waals surface area contributed by atoms with Crippen molar-refractivity contribution in [2.75, 3.05) is 11.9 Å². The van der Waals surface area contributed by atoms with Gasteiger partial charge in [-0.25, -0.2) is 14.4 Å². The number of aryl methyl sites for hydroxylation is 1. The lowest BCUT2D eigenvalue weighted by Gasteiger charge is -2.08. The molecule has 0 spiro atoms. The van der Waals surface area contributed by atoms with Crippen LogP contribution >= 0.6 is 0 Å². The lowest BCUT2D eigenvalue weighted by molar-refractivity contribution is 0.459. The van der Waals surface area contributed by atoms with Gasteiger partial charge in [0.05, 0.1) is 0 Å². The van der Waals surface area contributed by atoms with Crippen LogP contribution in [0, 0.1) is 12.7 Å². The molecule has 2 rings (SSSR count). The molecule has 0 unspecified atom stereocenters. The fourth-order valence-corrected chi connectivity index (χ4v) is 1.55. The highest BCUT2D eigenvalue weighted by atomic mass is 19.1. The molecule has 4 nitrogen and oxygen atoms in total. The van der Waals surface area contributed by atoms with E-state index in [1.807, 2.05) is 0 Å². The van der Waals surface area contributed by atoms with Crippen LogP contribution < -0.4 is 10.1 Å². The Morgan fingerprint density at radius 2 is 2.11 bits per heavy atom. The third-order valence-electron chi connectivity index (χ3n) is 2.55. The Morgan fingerprint density at radius 3 is 2.84 bits per heavy atom. The maximum Gasteiger partial charge on any atom is 0.224 e. The second kappa shape index (κ2) is 6.13. The number of anilines is 1. The summed E-state index contributed by atoms with van der Waals surface area (Å²) >= 11 is 0. The molecule has 19 heavy (non-hydrogen) atoms. The first-order valence-electron chi connectivity index (χ1n) is 6.19. The number of nitrogens with zero attached hydrogens (tertiary/aromatic N) is 2. The molecule has 0 atom stereocenters. The zero-order valence-electron chi connectivity index (χ0n) is 11.0. The van der Waals surface area contributed by atoms with Crippen molar-refractivity contribution in [2.24, 2.45) is 0 Å². The molecule has 1 heterocycles. The van der Waals surface area contributed by atoms with Crippen LogP contribution in [0.3, 0.4) is 0 Å². The molecule has 0 bridgehead atoms. The van der Waals surface area contributed by atoms with Crippen molar-refractivity contribution >= 4 is 5.82 Å². The van der Waals surface area contributed by atoms with Crippen LogP contribution in [0.25, 0.3) is 0 Å². The van der Waals surface area contributed by atoms with Crippen molar-refractivity contribution in [3.63, 3.8) is 0 Å². The molecular formula is C14H16FN3O. The number of benzene rings is 1. The number of hydrogen-bond donors (Lipinski definition) is 1. The van der Waals surface area contributed by atoms with Crippen LogP contribution in [-0.4, -0.2) is 16.5 Å². The van der Waals surface area contributed by atoms with Gasteiger partial charge in [-0.05, 0) is 37.1 Å². The van der Waals surface area contributed by atoms with Crippen LogP contribution in [0.15, 0.2) is 30.6 Å². The molecule has 0 saturated heterocycles. The van der Waals surface area contributed by atoms with Crippen molar-refractivity contribution in [1.29, 1.82) is 0 Å². The van der Waals surface area contributed by atoms with Gasteiger partial charge < -0.3 is 10.1 Å². The largest absolute Gasteiger partial charge is 0.439 e. The molecule has 100 valence electrons. The van der Waals surface area contributed by atoms with E-state index in [1.54, 1.807) is 25.1 Å². The maximum atomic E-state index is 13.1. The minimum Gasteiger partial charge on any atom is -0.439 e. The number of rotatable bonds is 5. The van der Waals surface area contributed by atoms with Crippen LogP contribution in [-0.2, 0) is 0 Å². The van der Waals surface area contributed by atoms with E-state index in [0.29, 0.717) is 23.0 Å². The number of aromatic nitrogens is 2. The third-order valence-corrected chi connectivity index (χ3v) is 2.55. The molecular weight excluding hydrogens is 245 g/mol. The summed E-state index contributed by atoms with van der Waals surface area (Å²) in [4.78, 5) is 8.12. The Bertz CT molecular complexity index is 560. The highest BCUT2D eigenvalue weighted by Gasteiger charge is 2.03. The highest BCUT2D eigenvalue weighted by Crippen LogP contribution is 2.22. The van der Waals surface area contributed by atoms with Crippen molar-refractivity contribution in [1.82, 2.24) is 9.97 Å². The van der Waals surface area contributed by atoms with E-state index >= 15 is 0 Å². The lowest BCUT2D eigenvalue weighted by Crippen LogP contribution is -2.02. The van der Waals surface area contributed by atoms with Gasteiger partial charge in [0.1, 0.15) is 23.7 Å². The fraction of sp³-hybridized carbons (Fsp3) is 0.286. The molecule has 1 aromatic carbocycles. The average Bonchev–Trinajstić information content (AvgIpc) is 2.41. The predicted molar refractivity (Wildman–Crippen MR) is 72.0 cm³/mol. The van der Waals surface area contributed by atoms with Gasteiger partial charge in [0.25, 0.3) is 0 Å². The first-order valence-corrected chi connectivity index (χ1v) is 6.19. The molecule has 0 radical (unpaired) electrons. The fourth-order valence-electron chi connectivity index (χ4n) is 1.55. The molecule has 1 N–H and O–H groups in total. The minimum atomic E-state index is -0.250. The Hall–Kier alpha value is -2.17. The Balaban J connectivity index is 2.11. The van der Waals surface area contributed by atoms with Gasteiger partial charge in [0.15, 0.2) is 0 Å². The molecule has 0 aliphatic carbocycles. The van der Waals surface area contributed by atoms with Gasteiger partial charge in [-0.2, -0.15) is 0 Å². The van der Waals surface area contributed by atoms with Crippen LogP contribution in [0.1, 0.15) is 18.9 Å². The number of ether oxygens (including phenoxy) is 1. The summed E-state index contributed by atoms with van der Waals surface area (Å²) in [5.74, 6) is 1.45. The zero-order chi connectivity index (χ0) is 13.7. The third kappa shape index (κ3) is 3.64. The van der Waals surface area contributed by atoms with Crippen LogP contribution in [0.4, 0.5) is 10.2 Å². The number of halogens is 1. The number of hydrogen-bond acceptors (Lipinski definition) is 4. The van der Waals surface area contributed by atoms with Gasteiger partial charge in [-0.15, -0.1) is 0 Å². The normalized spacial score (nSPS) is 10.3.